The SMILES string of the molecule is Cl.Nc1ccc2cc(Cl)[nH]c2c1. The maximum Gasteiger partial charge on any atom is 0.107 e. The average molecular weight is 203 g/mol. The summed E-state index contributed by atoms with van der Waals surface area (Å²) in [6.07, 6.45) is 0. The minimum Gasteiger partial charge on any atom is -0.399 e. The number of anilines is 1. The van der Waals surface area contributed by atoms with E-state index in [1.807, 2.05) is 24.3 Å². The van der Waals surface area contributed by atoms with E-state index in [1.54, 1.807) is 0 Å². The Bertz CT molecular complexity index is 395. The molecule has 0 spiro atoms. The first-order valence-corrected chi connectivity index (χ1v) is 3.67. The first-order valence-electron chi connectivity index (χ1n) is 3.29. The van der Waals surface area contributed by atoms with Gasteiger partial charge >= 0.3 is 0 Å². The van der Waals surface area contributed by atoms with Crippen LogP contribution >= 0.6 is 24.0 Å². The third kappa shape index (κ3) is 1.49. The zero-order valence-electron chi connectivity index (χ0n) is 6.17. The normalized spacial score (nSPS) is 9.75. The standard InChI is InChI=1S/C8H7ClN2.ClH/c9-8-3-5-1-2-6(10)4-7(5)11-8;/h1-4,11H,10H2;1H. The van der Waals surface area contributed by atoms with Crippen LogP contribution in [0.25, 0.3) is 10.9 Å². The topological polar surface area (TPSA) is 41.8 Å². The molecule has 0 saturated heterocycles. The monoisotopic (exact) mass is 202 g/mol. The van der Waals surface area contributed by atoms with Crippen LogP contribution in [0, 0.1) is 0 Å². The summed E-state index contributed by atoms with van der Waals surface area (Å²) in [6, 6.07) is 7.52. The second-order valence-electron chi connectivity index (χ2n) is 2.46. The van der Waals surface area contributed by atoms with Crippen LogP contribution in [0.1, 0.15) is 0 Å². The van der Waals surface area contributed by atoms with Crippen molar-refractivity contribution in [2.75, 3.05) is 5.73 Å². The Morgan fingerprint density at radius 3 is 2.75 bits per heavy atom. The number of benzene rings is 1. The van der Waals surface area contributed by atoms with Crippen LogP contribution in [-0.2, 0) is 0 Å². The number of hydrogen-bond acceptors (Lipinski definition) is 1. The predicted molar refractivity (Wildman–Crippen MR) is 55.0 cm³/mol. The van der Waals surface area contributed by atoms with Crippen molar-refractivity contribution in [1.82, 2.24) is 4.98 Å². The van der Waals surface area contributed by atoms with Gasteiger partial charge in [-0.3, -0.25) is 0 Å². The van der Waals surface area contributed by atoms with Crippen LogP contribution in [0.5, 0.6) is 0 Å². The van der Waals surface area contributed by atoms with Crippen LogP contribution in [0.2, 0.25) is 5.15 Å². The van der Waals surface area contributed by atoms with Gasteiger partial charge in [0.25, 0.3) is 0 Å². The quantitative estimate of drug-likeness (QED) is 0.635. The number of halogens is 2. The number of fused-ring (bicyclic) bond motifs is 1. The van der Waals surface area contributed by atoms with Gasteiger partial charge in [-0.2, -0.15) is 0 Å². The van der Waals surface area contributed by atoms with Crippen molar-refractivity contribution in [2.24, 2.45) is 0 Å². The van der Waals surface area contributed by atoms with E-state index in [0.29, 0.717) is 5.15 Å². The minimum absolute atomic E-state index is 0. The second kappa shape index (κ2) is 3.25. The largest absolute Gasteiger partial charge is 0.399 e. The van der Waals surface area contributed by atoms with Gasteiger partial charge in [-0.25, -0.2) is 0 Å². The second-order valence-corrected chi connectivity index (χ2v) is 2.87. The number of aromatic nitrogens is 1. The van der Waals surface area contributed by atoms with Crippen LogP contribution in [0.4, 0.5) is 5.69 Å². The summed E-state index contributed by atoms with van der Waals surface area (Å²) >= 11 is 5.74. The van der Waals surface area contributed by atoms with Crippen LogP contribution in [0.15, 0.2) is 24.3 Å². The van der Waals surface area contributed by atoms with Gasteiger partial charge in [-0.15, -0.1) is 12.4 Å². The molecular weight excluding hydrogens is 195 g/mol. The lowest BCUT2D eigenvalue weighted by molar-refractivity contribution is 1.48. The zero-order valence-corrected chi connectivity index (χ0v) is 7.75. The highest BCUT2D eigenvalue weighted by molar-refractivity contribution is 6.30. The molecule has 0 unspecified atom stereocenters. The van der Waals surface area contributed by atoms with E-state index >= 15 is 0 Å². The third-order valence-corrected chi connectivity index (χ3v) is 1.82. The number of nitrogens with one attached hydrogen (secondary N) is 1. The predicted octanol–water partition coefficient (Wildman–Crippen LogP) is 2.83. The lowest BCUT2D eigenvalue weighted by Gasteiger charge is -1.90. The Kier molecular flexibility index (Phi) is 2.50. The lowest BCUT2D eigenvalue weighted by Crippen LogP contribution is -1.81. The fourth-order valence-corrected chi connectivity index (χ4v) is 1.33. The summed E-state index contributed by atoms with van der Waals surface area (Å²) in [5.74, 6) is 0. The number of aromatic amines is 1. The summed E-state index contributed by atoms with van der Waals surface area (Å²) in [5.41, 5.74) is 7.30. The van der Waals surface area contributed by atoms with E-state index in [4.69, 9.17) is 17.3 Å². The molecule has 4 heteroatoms. The number of rotatable bonds is 0. The number of nitrogens with two attached hydrogens (primary N) is 1. The van der Waals surface area contributed by atoms with Crippen LogP contribution in [-0.4, -0.2) is 4.98 Å². The molecule has 0 aliphatic heterocycles. The molecule has 1 heterocycles. The van der Waals surface area contributed by atoms with Crippen molar-refractivity contribution in [1.29, 1.82) is 0 Å². The van der Waals surface area contributed by atoms with Crippen molar-refractivity contribution in [2.45, 2.75) is 0 Å². The molecule has 0 saturated carbocycles. The molecule has 12 heavy (non-hydrogen) atoms. The number of nitrogen functional groups attached to an aromatic ring is 1. The Hall–Kier alpha value is -0.860. The van der Waals surface area contributed by atoms with Gasteiger partial charge in [0.2, 0.25) is 0 Å². The molecule has 2 aromatic rings. The van der Waals surface area contributed by atoms with Crippen molar-refractivity contribution in [3.05, 3.63) is 29.4 Å². The third-order valence-electron chi connectivity index (χ3n) is 1.61. The molecule has 0 aliphatic carbocycles. The molecule has 0 fully saturated rings. The maximum atomic E-state index is 5.74. The van der Waals surface area contributed by atoms with Crippen molar-refractivity contribution in [3.63, 3.8) is 0 Å². The molecule has 3 N–H and O–H groups in total. The van der Waals surface area contributed by atoms with Gasteiger partial charge in [0.05, 0.1) is 0 Å². The van der Waals surface area contributed by atoms with Gasteiger partial charge in [0.15, 0.2) is 0 Å². The van der Waals surface area contributed by atoms with E-state index < -0.39 is 0 Å². The van der Waals surface area contributed by atoms with E-state index in [2.05, 4.69) is 4.98 Å². The fourth-order valence-electron chi connectivity index (χ4n) is 1.11. The highest BCUT2D eigenvalue weighted by Gasteiger charge is 1.96. The highest BCUT2D eigenvalue weighted by atomic mass is 35.5. The molecular formula is C8H8Cl2N2. The Balaban J connectivity index is 0.000000720. The highest BCUT2D eigenvalue weighted by Crippen LogP contribution is 2.20. The molecule has 1 aromatic carbocycles. The molecule has 0 amide bonds. The van der Waals surface area contributed by atoms with E-state index in [1.165, 1.54) is 0 Å². The first-order chi connectivity index (χ1) is 5.25. The molecule has 2 nitrogen and oxygen atoms in total. The summed E-state index contributed by atoms with van der Waals surface area (Å²) in [5, 5.41) is 1.73. The van der Waals surface area contributed by atoms with Gasteiger partial charge < -0.3 is 10.7 Å². The fraction of sp³-hybridized carbons (Fsp3) is 0. The summed E-state index contributed by atoms with van der Waals surface area (Å²) < 4.78 is 0. The first kappa shape index (κ1) is 9.23. The minimum atomic E-state index is 0. The van der Waals surface area contributed by atoms with Gasteiger partial charge in [-0.1, -0.05) is 17.7 Å². The van der Waals surface area contributed by atoms with Crippen molar-refractivity contribution in [3.8, 4) is 0 Å². The summed E-state index contributed by atoms with van der Waals surface area (Å²) in [7, 11) is 0. The molecule has 1 aromatic heterocycles. The zero-order chi connectivity index (χ0) is 7.84. The lowest BCUT2D eigenvalue weighted by atomic mass is 10.2. The van der Waals surface area contributed by atoms with Crippen molar-refractivity contribution < 1.29 is 0 Å². The molecule has 0 atom stereocenters. The Morgan fingerprint density at radius 2 is 2.00 bits per heavy atom. The van der Waals surface area contributed by atoms with Gasteiger partial charge in [0, 0.05) is 16.6 Å². The van der Waals surface area contributed by atoms with E-state index in [9.17, 15) is 0 Å². The average Bonchev–Trinajstić information content (AvgIpc) is 2.27. The summed E-state index contributed by atoms with van der Waals surface area (Å²) in [4.78, 5) is 2.98. The van der Waals surface area contributed by atoms with E-state index in [-0.39, 0.29) is 12.4 Å². The van der Waals surface area contributed by atoms with Crippen LogP contribution < -0.4 is 5.73 Å². The molecule has 0 bridgehead atoms. The Labute approximate surface area is 81.1 Å². The van der Waals surface area contributed by atoms with E-state index in [0.717, 1.165) is 16.6 Å². The number of hydrogen-bond donors (Lipinski definition) is 2. The molecule has 0 aliphatic rings. The summed E-state index contributed by atoms with van der Waals surface area (Å²) in [6.45, 7) is 0. The molecule has 64 valence electrons. The maximum absolute atomic E-state index is 5.74. The van der Waals surface area contributed by atoms with Gasteiger partial charge in [-0.05, 0) is 18.2 Å². The van der Waals surface area contributed by atoms with Gasteiger partial charge in [0.1, 0.15) is 5.15 Å². The molecule has 2 rings (SSSR count). The van der Waals surface area contributed by atoms with Crippen molar-refractivity contribution >= 4 is 40.6 Å². The number of H-pyrrole nitrogens is 1. The molecule has 0 radical (unpaired) electrons. The smallest absolute Gasteiger partial charge is 0.107 e. The Morgan fingerprint density at radius 1 is 1.25 bits per heavy atom. The van der Waals surface area contributed by atoms with Crippen LogP contribution in [0.3, 0.4) is 0 Å².